The molecule has 6 aromatic rings. The maximum Gasteiger partial charge on any atom is 0.267 e. The zero-order valence-electron chi connectivity index (χ0n) is 24.2. The van der Waals surface area contributed by atoms with E-state index in [0.29, 0.717) is 21.1 Å². The fraction of sp³-hybridized carbons (Fsp3) is 0.118. The molecule has 0 atom stereocenters. The molecule has 2 amide bonds. The number of nitrogens with one attached hydrogen (secondary N) is 2. The Kier molecular flexibility index (Phi) is 9.63. The third kappa shape index (κ3) is 6.94. The lowest BCUT2D eigenvalue weighted by Gasteiger charge is -2.03. The number of amides is 2. The largest absolute Gasteiger partial charge is 0.397 e. The highest BCUT2D eigenvalue weighted by Gasteiger charge is 2.19. The number of aromatic nitrogens is 2. The van der Waals surface area contributed by atoms with Crippen LogP contribution in [0.5, 0.6) is 0 Å². The number of fused-ring (bicyclic) bond motifs is 2. The average Bonchev–Trinajstić information content (AvgIpc) is 3.55. The molecule has 6 N–H and O–H groups in total. The first-order valence-electron chi connectivity index (χ1n) is 14.0. The topological polar surface area (TPSA) is 136 Å². The Morgan fingerprint density at radius 3 is 1.68 bits per heavy atom. The molecule has 0 saturated carbocycles. The van der Waals surface area contributed by atoms with Crippen LogP contribution in [0, 0.1) is 0 Å². The van der Waals surface area contributed by atoms with E-state index in [1.165, 1.54) is 22.7 Å². The summed E-state index contributed by atoms with van der Waals surface area (Å²) in [5.41, 5.74) is 17.0. The number of carbonyl (C=O) groups excluding carboxylic acids is 2. The van der Waals surface area contributed by atoms with Crippen molar-refractivity contribution in [3.05, 3.63) is 119 Å². The number of thiophene rings is 2. The number of hydrogen-bond acceptors (Lipinski definition) is 8. The molecule has 2 aromatic carbocycles. The van der Waals surface area contributed by atoms with Gasteiger partial charge in [-0.2, -0.15) is 0 Å². The molecule has 0 aliphatic carbocycles. The Morgan fingerprint density at radius 2 is 1.23 bits per heavy atom. The normalized spacial score (nSPS) is 10.7. The molecule has 0 bridgehead atoms. The van der Waals surface area contributed by atoms with Crippen LogP contribution in [0.1, 0.15) is 43.8 Å². The highest BCUT2D eigenvalue weighted by Crippen LogP contribution is 2.34. The minimum atomic E-state index is -0.211. The highest BCUT2D eigenvalue weighted by molar-refractivity contribution is 7.21. The molecular formula is C34H32N6O2S2. The van der Waals surface area contributed by atoms with Crippen LogP contribution in [0.3, 0.4) is 0 Å². The van der Waals surface area contributed by atoms with Gasteiger partial charge >= 0.3 is 0 Å². The summed E-state index contributed by atoms with van der Waals surface area (Å²) in [5, 5.41) is 7.40. The van der Waals surface area contributed by atoms with Crippen LogP contribution in [0.2, 0.25) is 0 Å². The van der Waals surface area contributed by atoms with Crippen LogP contribution < -0.4 is 22.1 Å². The lowest BCUT2D eigenvalue weighted by molar-refractivity contribution is 0.102. The molecule has 222 valence electrons. The molecule has 0 fully saturated rings. The molecule has 0 radical (unpaired) electrons. The number of nitrogens with zero attached hydrogens (tertiary/aromatic N) is 2. The summed E-state index contributed by atoms with van der Waals surface area (Å²) in [4.78, 5) is 36.2. The number of anilines is 4. The molecule has 6 rings (SSSR count). The molecule has 0 saturated heterocycles. The van der Waals surface area contributed by atoms with Crippen molar-refractivity contribution in [1.82, 2.24) is 9.97 Å². The van der Waals surface area contributed by atoms with Crippen molar-refractivity contribution < 1.29 is 9.59 Å². The first kappa shape index (κ1) is 30.4. The van der Waals surface area contributed by atoms with Gasteiger partial charge in [-0.1, -0.05) is 55.8 Å². The van der Waals surface area contributed by atoms with E-state index in [9.17, 15) is 9.59 Å². The van der Waals surface area contributed by atoms with Gasteiger partial charge in [0.1, 0.15) is 19.4 Å². The van der Waals surface area contributed by atoms with Gasteiger partial charge in [0.05, 0.1) is 11.4 Å². The number of para-hydroxylation sites is 2. The van der Waals surface area contributed by atoms with E-state index < -0.39 is 0 Å². The first-order valence-corrected chi connectivity index (χ1v) is 15.7. The van der Waals surface area contributed by atoms with Crippen molar-refractivity contribution in [3.8, 4) is 0 Å². The Bertz CT molecular complexity index is 1930. The van der Waals surface area contributed by atoms with Crippen LogP contribution in [-0.2, 0) is 12.8 Å². The van der Waals surface area contributed by atoms with E-state index in [4.69, 9.17) is 11.5 Å². The third-order valence-electron chi connectivity index (χ3n) is 6.68. The van der Waals surface area contributed by atoms with Crippen molar-refractivity contribution in [1.29, 1.82) is 0 Å². The van der Waals surface area contributed by atoms with E-state index in [-0.39, 0.29) is 11.8 Å². The summed E-state index contributed by atoms with van der Waals surface area (Å²) in [6.45, 7) is 5.84. The van der Waals surface area contributed by atoms with Gasteiger partial charge in [-0.05, 0) is 60.4 Å². The summed E-state index contributed by atoms with van der Waals surface area (Å²) >= 11 is 2.63. The zero-order valence-corrected chi connectivity index (χ0v) is 25.8. The number of rotatable bonds is 8. The van der Waals surface area contributed by atoms with Gasteiger partial charge in [0, 0.05) is 34.5 Å². The van der Waals surface area contributed by atoms with E-state index >= 15 is 0 Å². The standard InChI is InChI=1S/C17H17N3OS.C17H15N3OS/c2*1-2-6-11-9-13-14(18)15(22-17(13)19-10-11)16(21)20-12-7-4-3-5-8-12/h3-5,7-10H,2,6,18H2,1H3,(H,20,21);2-5,7-10H,1,6,18H2,(H,20,21). The lowest BCUT2D eigenvalue weighted by Crippen LogP contribution is -2.11. The number of hydrogen-bond donors (Lipinski definition) is 4. The molecule has 8 nitrogen and oxygen atoms in total. The highest BCUT2D eigenvalue weighted by atomic mass is 32.1. The smallest absolute Gasteiger partial charge is 0.267 e. The number of nitrogens with two attached hydrogens (primary N) is 2. The number of allylic oxidation sites excluding steroid dienone is 1. The van der Waals surface area contributed by atoms with Gasteiger partial charge in [0.25, 0.3) is 11.8 Å². The van der Waals surface area contributed by atoms with Crippen molar-refractivity contribution >= 4 is 77.7 Å². The van der Waals surface area contributed by atoms with Crippen molar-refractivity contribution in [2.45, 2.75) is 26.2 Å². The van der Waals surface area contributed by atoms with Crippen LogP contribution in [0.4, 0.5) is 22.7 Å². The molecule has 0 unspecified atom stereocenters. The number of pyridine rings is 2. The van der Waals surface area contributed by atoms with Crippen molar-refractivity contribution in [2.24, 2.45) is 0 Å². The molecule has 10 heteroatoms. The van der Waals surface area contributed by atoms with E-state index in [0.717, 1.165) is 62.2 Å². The number of nitrogen functional groups attached to an aromatic ring is 2. The summed E-state index contributed by atoms with van der Waals surface area (Å²) in [6.07, 6.45) is 8.21. The van der Waals surface area contributed by atoms with Gasteiger partial charge in [0.15, 0.2) is 0 Å². The van der Waals surface area contributed by atoms with E-state index in [2.05, 4.69) is 34.1 Å². The Hall–Kier alpha value is -5.06. The Morgan fingerprint density at radius 1 is 0.773 bits per heavy atom. The average molecular weight is 621 g/mol. The number of aryl methyl sites for hydroxylation is 1. The Labute approximate surface area is 263 Å². The van der Waals surface area contributed by atoms with Gasteiger partial charge in [-0.25, -0.2) is 9.97 Å². The quantitative estimate of drug-likeness (QED) is 0.128. The second-order valence-electron chi connectivity index (χ2n) is 9.97. The van der Waals surface area contributed by atoms with Gasteiger partial charge in [0.2, 0.25) is 0 Å². The van der Waals surface area contributed by atoms with E-state index in [1.807, 2.05) is 85.1 Å². The molecule has 0 aliphatic rings. The summed E-state index contributed by atoms with van der Waals surface area (Å²) in [6, 6.07) is 22.7. The fourth-order valence-corrected chi connectivity index (χ4v) is 6.43. The number of benzene rings is 2. The molecule has 44 heavy (non-hydrogen) atoms. The Balaban J connectivity index is 0.000000175. The zero-order chi connectivity index (χ0) is 31.1. The van der Waals surface area contributed by atoms with Gasteiger partial charge in [-0.3, -0.25) is 9.59 Å². The minimum Gasteiger partial charge on any atom is -0.397 e. The summed E-state index contributed by atoms with van der Waals surface area (Å²) in [7, 11) is 0. The molecule has 4 aromatic heterocycles. The van der Waals surface area contributed by atoms with Crippen LogP contribution in [-0.4, -0.2) is 21.8 Å². The first-order chi connectivity index (χ1) is 21.4. The second-order valence-corrected chi connectivity index (χ2v) is 12.0. The molecule has 4 heterocycles. The van der Waals surface area contributed by atoms with Crippen molar-refractivity contribution in [2.75, 3.05) is 22.1 Å². The maximum absolute atomic E-state index is 12.4. The van der Waals surface area contributed by atoms with E-state index in [1.54, 1.807) is 6.20 Å². The minimum absolute atomic E-state index is 0.191. The van der Waals surface area contributed by atoms with Crippen LogP contribution in [0.25, 0.3) is 20.4 Å². The van der Waals surface area contributed by atoms with Gasteiger partial charge < -0.3 is 22.1 Å². The van der Waals surface area contributed by atoms with Crippen LogP contribution in [0.15, 0.2) is 97.8 Å². The third-order valence-corrected chi connectivity index (χ3v) is 8.93. The van der Waals surface area contributed by atoms with Gasteiger partial charge in [-0.15, -0.1) is 29.3 Å². The second kappa shape index (κ2) is 13.9. The molecule has 0 aliphatic heterocycles. The predicted octanol–water partition coefficient (Wildman–Crippen LogP) is 7.94. The predicted molar refractivity (Wildman–Crippen MR) is 185 cm³/mol. The van der Waals surface area contributed by atoms with Crippen molar-refractivity contribution in [3.63, 3.8) is 0 Å². The number of carbonyl (C=O) groups is 2. The SMILES string of the molecule is C=CCc1cnc2sc(C(=O)Nc3ccccc3)c(N)c2c1.CCCc1cnc2sc(C(=O)Nc3ccccc3)c(N)c2c1. The molecular weight excluding hydrogens is 589 g/mol. The molecule has 0 spiro atoms. The summed E-state index contributed by atoms with van der Waals surface area (Å²) < 4.78 is 0. The summed E-state index contributed by atoms with van der Waals surface area (Å²) in [5.74, 6) is -0.402. The lowest BCUT2D eigenvalue weighted by atomic mass is 10.1. The monoisotopic (exact) mass is 620 g/mol. The van der Waals surface area contributed by atoms with Crippen LogP contribution >= 0.6 is 22.7 Å². The maximum atomic E-state index is 12.4. The fourth-order valence-electron chi connectivity index (χ4n) is 4.55.